The zero-order valence-corrected chi connectivity index (χ0v) is 14.0. The van der Waals surface area contributed by atoms with E-state index in [2.05, 4.69) is 20.8 Å². The van der Waals surface area contributed by atoms with Crippen LogP contribution >= 0.6 is 11.6 Å². The van der Waals surface area contributed by atoms with Crippen molar-refractivity contribution in [3.8, 4) is 0 Å². The number of halogens is 1. The molecule has 6 nitrogen and oxygen atoms in total. The van der Waals surface area contributed by atoms with Gasteiger partial charge in [-0.3, -0.25) is 0 Å². The molecule has 1 aromatic carbocycles. The molecule has 122 valence electrons. The van der Waals surface area contributed by atoms with Crippen molar-refractivity contribution in [1.82, 2.24) is 25.4 Å². The number of carbonyl (C=O) groups is 1. The number of nitrogens with one attached hydrogen (secondary N) is 2. The van der Waals surface area contributed by atoms with E-state index in [0.717, 1.165) is 24.8 Å². The maximum absolute atomic E-state index is 12.4. The standard InChI is InChI=1S/C16H20ClN5O/c1-11(14-21-18-10-22(14)2)19-15(23)20-16(8-3-9-16)12-4-6-13(17)7-5-12/h4-7,10-11H,3,8-9H2,1-2H3,(H2,19,20,23)/t11-/m0/s1. The van der Waals surface area contributed by atoms with Gasteiger partial charge < -0.3 is 15.2 Å². The summed E-state index contributed by atoms with van der Waals surface area (Å²) in [4.78, 5) is 12.4. The normalized spacial score (nSPS) is 17.2. The summed E-state index contributed by atoms with van der Waals surface area (Å²) in [6.45, 7) is 1.89. The van der Waals surface area contributed by atoms with Gasteiger partial charge in [-0.2, -0.15) is 0 Å². The average Bonchev–Trinajstić information content (AvgIpc) is 2.90. The van der Waals surface area contributed by atoms with E-state index in [9.17, 15) is 4.79 Å². The first kappa shape index (κ1) is 15.8. The Hall–Kier alpha value is -2.08. The zero-order valence-electron chi connectivity index (χ0n) is 13.2. The summed E-state index contributed by atoms with van der Waals surface area (Å²) in [6, 6.07) is 7.26. The highest BCUT2D eigenvalue weighted by molar-refractivity contribution is 6.30. The van der Waals surface area contributed by atoms with Gasteiger partial charge in [-0.25, -0.2) is 4.79 Å². The molecule has 0 aliphatic heterocycles. The minimum absolute atomic E-state index is 0.199. The van der Waals surface area contributed by atoms with E-state index in [1.807, 2.05) is 38.2 Å². The molecule has 2 N–H and O–H groups in total. The topological polar surface area (TPSA) is 71.8 Å². The smallest absolute Gasteiger partial charge is 0.316 e. The van der Waals surface area contributed by atoms with Crippen LogP contribution in [0.1, 0.15) is 43.6 Å². The molecule has 1 saturated carbocycles. The van der Waals surface area contributed by atoms with E-state index in [-0.39, 0.29) is 17.6 Å². The monoisotopic (exact) mass is 333 g/mol. The van der Waals surface area contributed by atoms with E-state index in [1.165, 1.54) is 0 Å². The van der Waals surface area contributed by atoms with Crippen molar-refractivity contribution in [3.05, 3.63) is 47.0 Å². The second-order valence-corrected chi connectivity index (χ2v) is 6.50. The number of amides is 2. The van der Waals surface area contributed by atoms with Crippen molar-refractivity contribution in [2.45, 2.75) is 37.8 Å². The summed E-state index contributed by atoms with van der Waals surface area (Å²) in [5.74, 6) is 0.717. The maximum atomic E-state index is 12.4. The summed E-state index contributed by atoms with van der Waals surface area (Å²) < 4.78 is 1.79. The number of rotatable bonds is 4. The average molecular weight is 334 g/mol. The van der Waals surface area contributed by atoms with Gasteiger partial charge in [0.05, 0.1) is 11.6 Å². The third kappa shape index (κ3) is 3.17. The molecule has 3 rings (SSSR count). The first-order valence-electron chi connectivity index (χ1n) is 7.69. The van der Waals surface area contributed by atoms with Crippen LogP contribution in [0, 0.1) is 0 Å². The Morgan fingerprint density at radius 1 is 1.35 bits per heavy atom. The van der Waals surface area contributed by atoms with Crippen LogP contribution in [0.2, 0.25) is 5.02 Å². The summed E-state index contributed by atoms with van der Waals surface area (Å²) in [5.41, 5.74) is 0.795. The molecule has 0 saturated heterocycles. The Morgan fingerprint density at radius 3 is 2.57 bits per heavy atom. The van der Waals surface area contributed by atoms with Gasteiger partial charge in [0.1, 0.15) is 6.33 Å². The van der Waals surface area contributed by atoms with Gasteiger partial charge in [0.2, 0.25) is 0 Å². The number of aryl methyl sites for hydroxylation is 1. The van der Waals surface area contributed by atoms with Crippen LogP contribution in [-0.2, 0) is 12.6 Å². The molecule has 1 fully saturated rings. The minimum atomic E-state index is -0.297. The Balaban J connectivity index is 1.68. The Kier molecular flexibility index (Phi) is 4.26. The lowest BCUT2D eigenvalue weighted by molar-refractivity contribution is 0.175. The van der Waals surface area contributed by atoms with E-state index in [1.54, 1.807) is 10.9 Å². The van der Waals surface area contributed by atoms with Crippen molar-refractivity contribution in [3.63, 3.8) is 0 Å². The number of hydrogen-bond acceptors (Lipinski definition) is 3. The minimum Gasteiger partial charge on any atom is -0.329 e. The molecule has 1 aromatic heterocycles. The Bertz CT molecular complexity index is 693. The zero-order chi connectivity index (χ0) is 16.4. The fourth-order valence-electron chi connectivity index (χ4n) is 2.98. The molecule has 1 aliphatic rings. The summed E-state index contributed by atoms with van der Waals surface area (Å²) in [6.07, 6.45) is 4.58. The molecule has 2 amide bonds. The van der Waals surface area contributed by atoms with Crippen LogP contribution in [0.25, 0.3) is 0 Å². The van der Waals surface area contributed by atoms with Crippen LogP contribution < -0.4 is 10.6 Å². The fourth-order valence-corrected chi connectivity index (χ4v) is 3.11. The third-order valence-electron chi connectivity index (χ3n) is 4.44. The molecule has 0 spiro atoms. The quantitative estimate of drug-likeness (QED) is 0.903. The largest absolute Gasteiger partial charge is 0.329 e. The molecule has 0 bridgehead atoms. The number of hydrogen-bond donors (Lipinski definition) is 2. The maximum Gasteiger partial charge on any atom is 0.316 e. The Labute approximate surface area is 140 Å². The molecule has 2 aromatic rings. The highest BCUT2D eigenvalue weighted by Gasteiger charge is 2.40. The van der Waals surface area contributed by atoms with Crippen LogP contribution in [0.15, 0.2) is 30.6 Å². The van der Waals surface area contributed by atoms with Gasteiger partial charge in [0.25, 0.3) is 0 Å². The van der Waals surface area contributed by atoms with E-state index in [4.69, 9.17) is 11.6 Å². The van der Waals surface area contributed by atoms with Gasteiger partial charge in [-0.1, -0.05) is 23.7 Å². The molecule has 7 heteroatoms. The lowest BCUT2D eigenvalue weighted by Crippen LogP contribution is -2.54. The van der Waals surface area contributed by atoms with E-state index >= 15 is 0 Å². The summed E-state index contributed by atoms with van der Waals surface area (Å²) in [5, 5.41) is 14.6. The molecular weight excluding hydrogens is 314 g/mol. The lowest BCUT2D eigenvalue weighted by atomic mass is 9.72. The van der Waals surface area contributed by atoms with Crippen molar-refractivity contribution in [2.75, 3.05) is 0 Å². The third-order valence-corrected chi connectivity index (χ3v) is 4.69. The highest BCUT2D eigenvalue weighted by Crippen LogP contribution is 2.41. The van der Waals surface area contributed by atoms with Crippen molar-refractivity contribution < 1.29 is 4.79 Å². The van der Waals surface area contributed by atoms with E-state index in [0.29, 0.717) is 10.8 Å². The summed E-state index contributed by atoms with van der Waals surface area (Å²) in [7, 11) is 1.85. The van der Waals surface area contributed by atoms with Gasteiger partial charge in [-0.05, 0) is 43.9 Å². The molecule has 1 atom stereocenters. The second kappa shape index (κ2) is 6.20. The van der Waals surface area contributed by atoms with Gasteiger partial charge in [0.15, 0.2) is 5.82 Å². The molecule has 1 heterocycles. The van der Waals surface area contributed by atoms with Crippen LogP contribution in [0.3, 0.4) is 0 Å². The molecule has 0 radical (unpaired) electrons. The number of aromatic nitrogens is 3. The van der Waals surface area contributed by atoms with Crippen LogP contribution in [0.5, 0.6) is 0 Å². The van der Waals surface area contributed by atoms with Crippen LogP contribution in [-0.4, -0.2) is 20.8 Å². The van der Waals surface area contributed by atoms with Crippen molar-refractivity contribution in [2.24, 2.45) is 7.05 Å². The number of carbonyl (C=O) groups excluding carboxylic acids is 1. The lowest BCUT2D eigenvalue weighted by Gasteiger charge is -2.43. The predicted octanol–water partition coefficient (Wildman–Crippen LogP) is 2.91. The first-order valence-corrected chi connectivity index (χ1v) is 8.07. The molecular formula is C16H20ClN5O. The van der Waals surface area contributed by atoms with Gasteiger partial charge in [-0.15, -0.1) is 10.2 Å². The SMILES string of the molecule is C[C@H](NC(=O)NC1(c2ccc(Cl)cc2)CCC1)c1nncn1C. The molecule has 23 heavy (non-hydrogen) atoms. The summed E-state index contributed by atoms with van der Waals surface area (Å²) >= 11 is 5.95. The van der Waals surface area contributed by atoms with Crippen molar-refractivity contribution in [1.29, 1.82) is 0 Å². The second-order valence-electron chi connectivity index (χ2n) is 6.06. The van der Waals surface area contributed by atoms with Gasteiger partial charge >= 0.3 is 6.03 Å². The van der Waals surface area contributed by atoms with Crippen LogP contribution in [0.4, 0.5) is 4.79 Å². The number of urea groups is 1. The first-order chi connectivity index (χ1) is 11.0. The van der Waals surface area contributed by atoms with Gasteiger partial charge in [0, 0.05) is 12.1 Å². The molecule has 1 aliphatic carbocycles. The number of benzene rings is 1. The molecule has 0 unspecified atom stereocenters. The Morgan fingerprint density at radius 2 is 2.04 bits per heavy atom. The van der Waals surface area contributed by atoms with Crippen molar-refractivity contribution >= 4 is 17.6 Å². The van der Waals surface area contributed by atoms with E-state index < -0.39 is 0 Å². The highest BCUT2D eigenvalue weighted by atomic mass is 35.5. The number of nitrogens with zero attached hydrogens (tertiary/aromatic N) is 3. The predicted molar refractivity (Wildman–Crippen MR) is 88.1 cm³/mol. The fraction of sp³-hybridized carbons (Fsp3) is 0.438.